The molecule has 8 aromatic rings. The fourth-order valence-corrected chi connectivity index (χ4v) is 7.94. The van der Waals surface area contributed by atoms with Crippen molar-refractivity contribution in [3.63, 3.8) is 0 Å². The summed E-state index contributed by atoms with van der Waals surface area (Å²) in [6, 6.07) is 60.6. The highest BCUT2D eigenvalue weighted by molar-refractivity contribution is 5.94. The Balaban J connectivity index is 0.000000172. The molecular formula is C50H39N3O3. The van der Waals surface area contributed by atoms with Crippen LogP contribution in [0.25, 0.3) is 43.1 Å². The summed E-state index contributed by atoms with van der Waals surface area (Å²) in [4.78, 5) is 25.0. The van der Waals surface area contributed by atoms with Gasteiger partial charge in [-0.15, -0.1) is 0 Å². The predicted molar refractivity (Wildman–Crippen MR) is 224 cm³/mol. The standard InChI is InChI=1S/C26H21NO2.C24H18N2O/c1-2-29-26(28)24(17-27)25(22-15-7-11-18-9-3-5-13-20(18)22)23-16-8-12-19-10-4-6-14-21(19)23;25-15-22(24(26)27)23(20-13-5-9-16-7-1-3-11-18(16)20)21-14-6-10-17-8-2-4-12-19(17)21/h3-16,24-25H,2H2,1H3;1-14,22-23H,(H2,26,27). The number of carbonyl (C=O) groups excluding carboxylic acids is 2. The van der Waals surface area contributed by atoms with Crippen LogP contribution < -0.4 is 5.73 Å². The topological polar surface area (TPSA) is 117 Å². The highest BCUT2D eigenvalue weighted by Crippen LogP contribution is 2.41. The van der Waals surface area contributed by atoms with E-state index in [2.05, 4.69) is 12.1 Å². The molecule has 0 aliphatic rings. The van der Waals surface area contributed by atoms with Crippen LogP contribution >= 0.6 is 0 Å². The zero-order valence-corrected chi connectivity index (χ0v) is 30.9. The van der Waals surface area contributed by atoms with Gasteiger partial charge in [0.1, 0.15) is 5.92 Å². The van der Waals surface area contributed by atoms with E-state index in [1.54, 1.807) is 6.92 Å². The first-order valence-electron chi connectivity index (χ1n) is 18.6. The zero-order valence-electron chi connectivity index (χ0n) is 30.9. The lowest BCUT2D eigenvalue weighted by molar-refractivity contribution is -0.146. The van der Waals surface area contributed by atoms with Gasteiger partial charge in [0.05, 0.1) is 18.7 Å². The minimum atomic E-state index is -0.957. The van der Waals surface area contributed by atoms with Crippen LogP contribution in [0, 0.1) is 34.5 Å². The summed E-state index contributed by atoms with van der Waals surface area (Å²) in [7, 11) is 0. The second-order valence-corrected chi connectivity index (χ2v) is 13.6. The number of hydrogen-bond acceptors (Lipinski definition) is 5. The number of amides is 1. The van der Waals surface area contributed by atoms with Gasteiger partial charge < -0.3 is 10.5 Å². The molecule has 8 aromatic carbocycles. The third-order valence-corrected chi connectivity index (χ3v) is 10.4. The molecule has 0 saturated carbocycles. The number of benzene rings is 8. The normalized spacial score (nSPS) is 12.1. The van der Waals surface area contributed by atoms with Gasteiger partial charge in [0.2, 0.25) is 5.91 Å². The van der Waals surface area contributed by atoms with Crippen molar-refractivity contribution in [3.8, 4) is 12.1 Å². The van der Waals surface area contributed by atoms with Crippen LogP contribution in [0.3, 0.4) is 0 Å². The highest BCUT2D eigenvalue weighted by Gasteiger charge is 2.35. The number of nitrogens with two attached hydrogens (primary N) is 1. The van der Waals surface area contributed by atoms with Crippen molar-refractivity contribution < 1.29 is 14.3 Å². The molecule has 8 rings (SSSR count). The van der Waals surface area contributed by atoms with Crippen LogP contribution in [0.1, 0.15) is 41.0 Å². The summed E-state index contributed by atoms with van der Waals surface area (Å²) in [6.45, 7) is 2.01. The largest absolute Gasteiger partial charge is 0.465 e. The summed E-state index contributed by atoms with van der Waals surface area (Å²) in [5.41, 5.74) is 9.44. The fraction of sp³-hybridized carbons (Fsp3) is 0.120. The molecule has 0 aliphatic heterocycles. The summed E-state index contributed by atoms with van der Waals surface area (Å²) in [6.07, 6.45) is 0. The Hall–Kier alpha value is -7.28. The van der Waals surface area contributed by atoms with Gasteiger partial charge in [-0.3, -0.25) is 9.59 Å². The number of esters is 1. The number of nitrogens with zero attached hydrogens (tertiary/aromatic N) is 2. The van der Waals surface area contributed by atoms with Crippen molar-refractivity contribution in [1.29, 1.82) is 10.5 Å². The van der Waals surface area contributed by atoms with Gasteiger partial charge in [-0.2, -0.15) is 10.5 Å². The third kappa shape index (κ3) is 7.29. The Bertz CT molecular complexity index is 2620. The number of hydrogen-bond donors (Lipinski definition) is 1. The minimum Gasteiger partial charge on any atom is -0.465 e. The van der Waals surface area contributed by atoms with Crippen LogP contribution in [0.4, 0.5) is 0 Å². The monoisotopic (exact) mass is 729 g/mol. The van der Waals surface area contributed by atoms with E-state index in [1.807, 2.05) is 170 Å². The first-order chi connectivity index (χ1) is 27.4. The van der Waals surface area contributed by atoms with Crippen LogP contribution in [0.2, 0.25) is 0 Å². The number of fused-ring (bicyclic) bond motifs is 4. The van der Waals surface area contributed by atoms with E-state index in [4.69, 9.17) is 10.5 Å². The van der Waals surface area contributed by atoms with Crippen molar-refractivity contribution in [3.05, 3.63) is 192 Å². The lowest BCUT2D eigenvalue weighted by atomic mass is 9.77. The highest BCUT2D eigenvalue weighted by atomic mass is 16.5. The molecule has 0 heterocycles. The Kier molecular flexibility index (Phi) is 11.1. The number of nitriles is 2. The Labute approximate surface area is 326 Å². The third-order valence-electron chi connectivity index (χ3n) is 10.4. The van der Waals surface area contributed by atoms with E-state index in [1.165, 1.54) is 0 Å². The summed E-state index contributed by atoms with van der Waals surface area (Å²) in [5.74, 6) is -3.86. The average Bonchev–Trinajstić information content (AvgIpc) is 3.24. The van der Waals surface area contributed by atoms with Gasteiger partial charge >= 0.3 is 5.97 Å². The first-order valence-corrected chi connectivity index (χ1v) is 18.6. The van der Waals surface area contributed by atoms with E-state index >= 15 is 0 Å². The van der Waals surface area contributed by atoms with E-state index in [9.17, 15) is 20.1 Å². The van der Waals surface area contributed by atoms with Crippen molar-refractivity contribution in [2.75, 3.05) is 6.61 Å². The molecule has 1 amide bonds. The molecule has 56 heavy (non-hydrogen) atoms. The van der Waals surface area contributed by atoms with Crippen LogP contribution in [-0.4, -0.2) is 18.5 Å². The lowest BCUT2D eigenvalue weighted by Crippen LogP contribution is -2.28. The maximum absolute atomic E-state index is 12.8. The van der Waals surface area contributed by atoms with Gasteiger partial charge in [-0.25, -0.2) is 0 Å². The lowest BCUT2D eigenvalue weighted by Gasteiger charge is -2.24. The molecule has 0 saturated heterocycles. The quantitative estimate of drug-likeness (QED) is 0.148. The average molecular weight is 730 g/mol. The smallest absolute Gasteiger partial charge is 0.324 e. The molecule has 2 unspecified atom stereocenters. The Morgan fingerprint density at radius 2 is 0.768 bits per heavy atom. The summed E-state index contributed by atoms with van der Waals surface area (Å²) in [5, 5.41) is 28.2. The van der Waals surface area contributed by atoms with E-state index in [0.29, 0.717) is 0 Å². The molecule has 0 radical (unpaired) electrons. The molecule has 2 atom stereocenters. The summed E-state index contributed by atoms with van der Waals surface area (Å²) < 4.78 is 5.28. The Morgan fingerprint density at radius 3 is 1.05 bits per heavy atom. The van der Waals surface area contributed by atoms with Gasteiger partial charge in [0, 0.05) is 11.8 Å². The second kappa shape index (κ2) is 16.8. The van der Waals surface area contributed by atoms with Crippen LogP contribution in [0.5, 0.6) is 0 Å². The second-order valence-electron chi connectivity index (χ2n) is 13.6. The number of primary amides is 1. The molecule has 6 heteroatoms. The molecule has 2 N–H and O–H groups in total. The molecule has 0 aliphatic carbocycles. The molecular weight excluding hydrogens is 691 g/mol. The molecule has 0 fully saturated rings. The minimum absolute atomic E-state index is 0.245. The van der Waals surface area contributed by atoms with Gasteiger partial charge in [0.15, 0.2) is 5.92 Å². The molecule has 0 spiro atoms. The van der Waals surface area contributed by atoms with Crippen molar-refractivity contribution >= 4 is 55.0 Å². The fourth-order valence-electron chi connectivity index (χ4n) is 7.94. The number of rotatable bonds is 9. The van der Waals surface area contributed by atoms with Gasteiger partial charge in [0.25, 0.3) is 0 Å². The Morgan fingerprint density at radius 1 is 0.482 bits per heavy atom. The predicted octanol–water partition coefficient (Wildman–Crippen LogP) is 10.6. The van der Waals surface area contributed by atoms with E-state index in [-0.39, 0.29) is 6.61 Å². The zero-order chi connectivity index (χ0) is 39.0. The van der Waals surface area contributed by atoms with Crippen LogP contribution in [0.15, 0.2) is 170 Å². The number of ether oxygens (including phenoxy) is 1. The molecule has 0 bridgehead atoms. The maximum atomic E-state index is 12.8. The number of carbonyl (C=O) groups is 2. The van der Waals surface area contributed by atoms with Crippen molar-refractivity contribution in [1.82, 2.24) is 0 Å². The molecule has 272 valence electrons. The summed E-state index contributed by atoms with van der Waals surface area (Å²) >= 11 is 0. The van der Waals surface area contributed by atoms with E-state index in [0.717, 1.165) is 65.3 Å². The van der Waals surface area contributed by atoms with Crippen molar-refractivity contribution in [2.45, 2.75) is 18.8 Å². The molecule has 6 nitrogen and oxygen atoms in total. The van der Waals surface area contributed by atoms with Gasteiger partial charge in [-0.1, -0.05) is 170 Å². The van der Waals surface area contributed by atoms with Gasteiger partial charge in [-0.05, 0) is 72.3 Å². The maximum Gasteiger partial charge on any atom is 0.324 e. The SMILES string of the molecule is CCOC(=O)C(C#N)C(c1cccc2ccccc12)c1cccc2ccccc12.N#CC(C(N)=O)C(c1cccc2ccccc12)c1cccc2ccccc12. The van der Waals surface area contributed by atoms with Crippen LogP contribution in [-0.2, 0) is 14.3 Å². The molecule has 0 aromatic heterocycles. The van der Waals surface area contributed by atoms with Crippen molar-refractivity contribution in [2.24, 2.45) is 17.6 Å². The first kappa shape index (κ1) is 37.1. The van der Waals surface area contributed by atoms with E-state index < -0.39 is 35.5 Å².